The summed E-state index contributed by atoms with van der Waals surface area (Å²) in [6.07, 6.45) is 0. The Balaban J connectivity index is 1.95. The largest absolute Gasteiger partial charge is 0.494 e. The Morgan fingerprint density at radius 1 is 1.29 bits per heavy atom. The molecule has 0 spiro atoms. The van der Waals surface area contributed by atoms with Gasteiger partial charge in [-0.15, -0.1) is 0 Å². The van der Waals surface area contributed by atoms with Gasteiger partial charge in [-0.1, -0.05) is 6.07 Å². The van der Waals surface area contributed by atoms with Crippen LogP contribution in [0.25, 0.3) is 0 Å². The second kappa shape index (κ2) is 6.90. The topological polar surface area (TPSA) is 60.7 Å². The summed E-state index contributed by atoms with van der Waals surface area (Å²) in [5, 5.41) is 2.65. The zero-order valence-electron chi connectivity index (χ0n) is 11.8. The SMILES string of the molecule is COCc1ccc(C(=O)NCc2ccc(OC)c(F)c2)o1. The number of ether oxygens (including phenoxy) is 2. The molecule has 2 aromatic rings. The lowest BCUT2D eigenvalue weighted by atomic mass is 10.2. The van der Waals surface area contributed by atoms with Crippen LogP contribution >= 0.6 is 0 Å². The van der Waals surface area contributed by atoms with Gasteiger partial charge < -0.3 is 19.2 Å². The van der Waals surface area contributed by atoms with Crippen molar-refractivity contribution in [2.75, 3.05) is 14.2 Å². The molecule has 1 aromatic carbocycles. The fraction of sp³-hybridized carbons (Fsp3) is 0.267. The molecule has 1 amide bonds. The molecule has 112 valence electrons. The molecule has 1 heterocycles. The molecule has 0 aliphatic heterocycles. The summed E-state index contributed by atoms with van der Waals surface area (Å²) in [5.41, 5.74) is 0.630. The average molecular weight is 293 g/mol. The number of carbonyl (C=O) groups excluding carboxylic acids is 1. The molecule has 0 unspecified atom stereocenters. The lowest BCUT2D eigenvalue weighted by Gasteiger charge is -2.06. The summed E-state index contributed by atoms with van der Waals surface area (Å²) in [6, 6.07) is 7.75. The van der Waals surface area contributed by atoms with E-state index in [0.29, 0.717) is 17.9 Å². The van der Waals surface area contributed by atoms with Crippen molar-refractivity contribution in [3.8, 4) is 5.75 Å². The number of nitrogens with one attached hydrogen (secondary N) is 1. The number of hydrogen-bond acceptors (Lipinski definition) is 4. The third kappa shape index (κ3) is 3.82. The predicted molar refractivity (Wildman–Crippen MR) is 73.5 cm³/mol. The van der Waals surface area contributed by atoms with E-state index in [-0.39, 0.29) is 24.0 Å². The quantitative estimate of drug-likeness (QED) is 0.889. The number of halogens is 1. The van der Waals surface area contributed by atoms with Crippen LogP contribution < -0.4 is 10.1 Å². The third-order valence-electron chi connectivity index (χ3n) is 2.84. The molecule has 0 bridgehead atoms. The van der Waals surface area contributed by atoms with Crippen molar-refractivity contribution in [1.82, 2.24) is 5.32 Å². The minimum absolute atomic E-state index is 0.167. The van der Waals surface area contributed by atoms with Gasteiger partial charge in [-0.2, -0.15) is 0 Å². The van der Waals surface area contributed by atoms with Crippen molar-refractivity contribution in [3.05, 3.63) is 53.2 Å². The van der Waals surface area contributed by atoms with Gasteiger partial charge in [0.15, 0.2) is 17.3 Å². The van der Waals surface area contributed by atoms with Crippen LogP contribution in [0.15, 0.2) is 34.7 Å². The van der Waals surface area contributed by atoms with Crippen LogP contribution in [0.2, 0.25) is 0 Å². The summed E-state index contributed by atoms with van der Waals surface area (Å²) >= 11 is 0. The highest BCUT2D eigenvalue weighted by Crippen LogP contribution is 2.17. The first-order valence-electron chi connectivity index (χ1n) is 6.32. The van der Waals surface area contributed by atoms with Crippen LogP contribution in [0.1, 0.15) is 21.9 Å². The Kier molecular flexibility index (Phi) is 4.94. The number of furan rings is 1. The Bertz CT molecular complexity index is 624. The molecule has 0 aliphatic rings. The summed E-state index contributed by atoms with van der Waals surface area (Å²) in [5.74, 6) is 0.0905. The molecule has 0 fully saturated rings. The highest BCUT2D eigenvalue weighted by atomic mass is 19.1. The fourth-order valence-corrected chi connectivity index (χ4v) is 1.81. The number of rotatable bonds is 6. The standard InChI is InChI=1S/C15H16FNO4/c1-19-9-11-4-6-14(21-11)15(18)17-8-10-3-5-13(20-2)12(16)7-10/h3-7H,8-9H2,1-2H3,(H,17,18). The van der Waals surface area contributed by atoms with Gasteiger partial charge in [0.1, 0.15) is 12.4 Å². The highest BCUT2D eigenvalue weighted by molar-refractivity contribution is 5.91. The van der Waals surface area contributed by atoms with Crippen molar-refractivity contribution >= 4 is 5.91 Å². The van der Waals surface area contributed by atoms with Gasteiger partial charge in [-0.3, -0.25) is 4.79 Å². The van der Waals surface area contributed by atoms with Gasteiger partial charge in [0.2, 0.25) is 0 Å². The summed E-state index contributed by atoms with van der Waals surface area (Å²) in [6.45, 7) is 0.497. The van der Waals surface area contributed by atoms with E-state index in [1.54, 1.807) is 25.3 Å². The molecule has 2 rings (SSSR count). The molecule has 1 N–H and O–H groups in total. The molecule has 21 heavy (non-hydrogen) atoms. The summed E-state index contributed by atoms with van der Waals surface area (Å²) in [7, 11) is 2.94. The van der Waals surface area contributed by atoms with Crippen molar-refractivity contribution < 1.29 is 23.1 Å². The molecule has 0 saturated heterocycles. The summed E-state index contributed by atoms with van der Waals surface area (Å²) in [4.78, 5) is 11.9. The van der Waals surface area contributed by atoms with Crippen LogP contribution in [0.3, 0.4) is 0 Å². The number of methoxy groups -OCH3 is 2. The van der Waals surface area contributed by atoms with Crippen LogP contribution in [0, 0.1) is 5.82 Å². The number of amides is 1. The van der Waals surface area contributed by atoms with E-state index in [9.17, 15) is 9.18 Å². The number of hydrogen-bond donors (Lipinski definition) is 1. The fourth-order valence-electron chi connectivity index (χ4n) is 1.81. The molecule has 5 nitrogen and oxygen atoms in total. The average Bonchev–Trinajstić information content (AvgIpc) is 2.94. The second-order valence-corrected chi connectivity index (χ2v) is 4.35. The minimum atomic E-state index is -0.468. The van der Waals surface area contributed by atoms with E-state index in [1.807, 2.05) is 0 Å². The van der Waals surface area contributed by atoms with Crippen molar-refractivity contribution in [2.24, 2.45) is 0 Å². The first-order chi connectivity index (χ1) is 10.1. The van der Waals surface area contributed by atoms with Crippen LogP contribution in [0.5, 0.6) is 5.75 Å². The minimum Gasteiger partial charge on any atom is -0.494 e. The zero-order valence-corrected chi connectivity index (χ0v) is 11.8. The Hall–Kier alpha value is -2.34. The summed E-state index contributed by atoms with van der Waals surface area (Å²) < 4.78 is 28.6. The van der Waals surface area contributed by atoms with Gasteiger partial charge in [-0.05, 0) is 29.8 Å². The molecule has 0 atom stereocenters. The maximum Gasteiger partial charge on any atom is 0.287 e. The van der Waals surface area contributed by atoms with E-state index >= 15 is 0 Å². The lowest BCUT2D eigenvalue weighted by molar-refractivity contribution is 0.0914. The predicted octanol–water partition coefficient (Wildman–Crippen LogP) is 2.50. The number of carbonyl (C=O) groups is 1. The molecule has 1 aromatic heterocycles. The van der Waals surface area contributed by atoms with Gasteiger partial charge in [0, 0.05) is 13.7 Å². The van der Waals surface area contributed by atoms with Crippen LogP contribution in [0.4, 0.5) is 4.39 Å². The monoisotopic (exact) mass is 293 g/mol. The van der Waals surface area contributed by atoms with Gasteiger partial charge in [-0.25, -0.2) is 4.39 Å². The van der Waals surface area contributed by atoms with Crippen molar-refractivity contribution in [1.29, 1.82) is 0 Å². The van der Waals surface area contributed by atoms with E-state index in [1.165, 1.54) is 19.2 Å². The first kappa shape index (κ1) is 15.1. The molecule has 0 radical (unpaired) electrons. The van der Waals surface area contributed by atoms with E-state index in [2.05, 4.69) is 5.32 Å². The maximum atomic E-state index is 13.5. The second-order valence-electron chi connectivity index (χ2n) is 4.35. The zero-order chi connectivity index (χ0) is 15.2. The van der Waals surface area contributed by atoms with Gasteiger partial charge in [0.25, 0.3) is 5.91 Å². The van der Waals surface area contributed by atoms with Gasteiger partial charge in [0.05, 0.1) is 7.11 Å². The van der Waals surface area contributed by atoms with Crippen molar-refractivity contribution in [3.63, 3.8) is 0 Å². The Morgan fingerprint density at radius 3 is 2.76 bits per heavy atom. The third-order valence-corrected chi connectivity index (χ3v) is 2.84. The molecule has 0 saturated carbocycles. The molecular weight excluding hydrogens is 277 g/mol. The molecule has 0 aliphatic carbocycles. The van der Waals surface area contributed by atoms with Gasteiger partial charge >= 0.3 is 0 Å². The smallest absolute Gasteiger partial charge is 0.287 e. The Morgan fingerprint density at radius 2 is 2.10 bits per heavy atom. The number of benzene rings is 1. The normalized spacial score (nSPS) is 10.4. The van der Waals surface area contributed by atoms with E-state index < -0.39 is 5.82 Å². The lowest BCUT2D eigenvalue weighted by Crippen LogP contribution is -2.22. The van der Waals surface area contributed by atoms with E-state index in [4.69, 9.17) is 13.9 Å². The molecule has 6 heteroatoms. The maximum absolute atomic E-state index is 13.5. The van der Waals surface area contributed by atoms with Crippen LogP contribution in [-0.2, 0) is 17.9 Å². The Labute approximate surface area is 121 Å². The van der Waals surface area contributed by atoms with E-state index in [0.717, 1.165) is 0 Å². The first-order valence-corrected chi connectivity index (χ1v) is 6.32. The van der Waals surface area contributed by atoms with Crippen molar-refractivity contribution in [2.45, 2.75) is 13.2 Å². The molecular formula is C15H16FNO4. The highest BCUT2D eigenvalue weighted by Gasteiger charge is 2.11. The van der Waals surface area contributed by atoms with Crippen LogP contribution in [-0.4, -0.2) is 20.1 Å².